The first-order valence-electron chi connectivity index (χ1n) is 7.65. The zero-order valence-electron chi connectivity index (χ0n) is 12.5. The minimum absolute atomic E-state index is 0.263. The van der Waals surface area contributed by atoms with E-state index in [1.807, 2.05) is 0 Å². The highest BCUT2D eigenvalue weighted by atomic mass is 16.5. The van der Waals surface area contributed by atoms with Crippen LogP contribution in [0.3, 0.4) is 0 Å². The first-order valence-corrected chi connectivity index (χ1v) is 7.65. The Morgan fingerprint density at radius 2 is 1.96 bits per heavy atom. The summed E-state index contributed by atoms with van der Waals surface area (Å²) in [6.07, 6.45) is 4.66. The van der Waals surface area contributed by atoms with E-state index in [4.69, 9.17) is 18.2 Å². The van der Waals surface area contributed by atoms with Crippen molar-refractivity contribution in [2.75, 3.05) is 13.2 Å². The van der Waals surface area contributed by atoms with E-state index in [0.717, 1.165) is 25.3 Å². The number of aryl methyl sites for hydroxylation is 2. The molecule has 1 atom stereocenters. The lowest BCUT2D eigenvalue weighted by atomic mass is 10.1. The fraction of sp³-hybridized carbons (Fsp3) is 0.467. The van der Waals surface area contributed by atoms with Crippen LogP contribution < -0.4 is 0 Å². The summed E-state index contributed by atoms with van der Waals surface area (Å²) < 4.78 is 21.1. The Labute approximate surface area is 131 Å². The molecule has 3 aromatic heterocycles. The van der Waals surface area contributed by atoms with Crippen LogP contribution in [0.25, 0.3) is 11.6 Å². The van der Waals surface area contributed by atoms with E-state index in [1.165, 1.54) is 0 Å². The van der Waals surface area contributed by atoms with Gasteiger partial charge in [0.2, 0.25) is 17.6 Å². The molecule has 1 aliphatic heterocycles. The molecule has 4 heterocycles. The number of furan rings is 1. The highest BCUT2D eigenvalue weighted by Crippen LogP contribution is 2.22. The van der Waals surface area contributed by atoms with E-state index in [1.54, 1.807) is 18.4 Å². The van der Waals surface area contributed by atoms with Crippen molar-refractivity contribution >= 4 is 0 Å². The summed E-state index contributed by atoms with van der Waals surface area (Å²) in [5.41, 5.74) is 0. The van der Waals surface area contributed by atoms with Gasteiger partial charge in [-0.25, -0.2) is 0 Å². The maximum atomic E-state index is 5.34. The van der Waals surface area contributed by atoms with Crippen LogP contribution in [0.4, 0.5) is 0 Å². The Morgan fingerprint density at radius 3 is 2.74 bits per heavy atom. The molecule has 1 fully saturated rings. The minimum atomic E-state index is 0.263. The lowest BCUT2D eigenvalue weighted by molar-refractivity contribution is 0.192. The number of hydrogen-bond donors (Lipinski definition) is 0. The molecule has 0 unspecified atom stereocenters. The SMILES string of the molecule is c1coc(-c2noc(CCCc3nc([C@@H]4CCOC4)no3)n2)c1. The second-order valence-electron chi connectivity index (χ2n) is 5.45. The van der Waals surface area contributed by atoms with Gasteiger partial charge in [-0.15, -0.1) is 0 Å². The molecular weight excluding hydrogens is 300 g/mol. The number of aromatic nitrogens is 4. The third kappa shape index (κ3) is 3.16. The van der Waals surface area contributed by atoms with Crippen molar-refractivity contribution in [3.05, 3.63) is 36.0 Å². The Bertz CT molecular complexity index is 743. The fourth-order valence-electron chi connectivity index (χ4n) is 2.53. The molecule has 0 aliphatic carbocycles. The summed E-state index contributed by atoms with van der Waals surface area (Å²) in [5.74, 6) is 3.28. The third-order valence-electron chi connectivity index (χ3n) is 3.77. The van der Waals surface area contributed by atoms with Gasteiger partial charge in [0.25, 0.3) is 0 Å². The Hall–Kier alpha value is -2.48. The molecule has 0 aromatic carbocycles. The number of hydrogen-bond acceptors (Lipinski definition) is 8. The topological polar surface area (TPSA) is 100 Å². The Kier molecular flexibility index (Phi) is 3.89. The Balaban J connectivity index is 1.30. The van der Waals surface area contributed by atoms with Crippen LogP contribution in [0, 0.1) is 0 Å². The largest absolute Gasteiger partial charge is 0.461 e. The van der Waals surface area contributed by atoms with E-state index in [2.05, 4.69) is 20.3 Å². The first kappa shape index (κ1) is 14.1. The van der Waals surface area contributed by atoms with Gasteiger partial charge in [-0.3, -0.25) is 0 Å². The van der Waals surface area contributed by atoms with E-state index in [9.17, 15) is 0 Å². The number of ether oxygens (including phenoxy) is 1. The van der Waals surface area contributed by atoms with Gasteiger partial charge in [-0.2, -0.15) is 9.97 Å². The van der Waals surface area contributed by atoms with Gasteiger partial charge in [-0.1, -0.05) is 10.3 Å². The first-order chi connectivity index (χ1) is 11.4. The van der Waals surface area contributed by atoms with Crippen LogP contribution in [0.1, 0.15) is 36.4 Å². The molecule has 8 nitrogen and oxygen atoms in total. The zero-order valence-corrected chi connectivity index (χ0v) is 12.5. The van der Waals surface area contributed by atoms with E-state index >= 15 is 0 Å². The van der Waals surface area contributed by atoms with Crippen molar-refractivity contribution in [2.45, 2.75) is 31.6 Å². The molecule has 0 spiro atoms. The lowest BCUT2D eigenvalue weighted by Gasteiger charge is -1.97. The molecule has 3 aromatic rings. The summed E-state index contributed by atoms with van der Waals surface area (Å²) in [4.78, 5) is 8.73. The van der Waals surface area contributed by atoms with Crippen LogP contribution in [0.5, 0.6) is 0 Å². The molecule has 4 rings (SSSR count). The number of rotatable bonds is 6. The summed E-state index contributed by atoms with van der Waals surface area (Å²) in [5, 5.41) is 7.93. The highest BCUT2D eigenvalue weighted by molar-refractivity contribution is 5.44. The monoisotopic (exact) mass is 316 g/mol. The predicted molar refractivity (Wildman–Crippen MR) is 76.5 cm³/mol. The van der Waals surface area contributed by atoms with Crippen LogP contribution in [-0.4, -0.2) is 33.5 Å². The van der Waals surface area contributed by atoms with Gasteiger partial charge in [0.15, 0.2) is 11.6 Å². The minimum Gasteiger partial charge on any atom is -0.461 e. The van der Waals surface area contributed by atoms with Crippen LogP contribution in [0.15, 0.2) is 31.9 Å². The highest BCUT2D eigenvalue weighted by Gasteiger charge is 2.23. The van der Waals surface area contributed by atoms with Crippen molar-refractivity contribution < 1.29 is 18.2 Å². The van der Waals surface area contributed by atoms with Gasteiger partial charge in [0, 0.05) is 25.4 Å². The maximum Gasteiger partial charge on any atom is 0.238 e. The predicted octanol–water partition coefficient (Wildman–Crippen LogP) is 2.39. The fourth-order valence-corrected chi connectivity index (χ4v) is 2.53. The Morgan fingerprint density at radius 1 is 1.09 bits per heavy atom. The molecule has 1 aliphatic rings. The molecule has 23 heavy (non-hydrogen) atoms. The molecule has 0 N–H and O–H groups in total. The smallest absolute Gasteiger partial charge is 0.238 e. The second-order valence-corrected chi connectivity index (χ2v) is 5.45. The lowest BCUT2D eigenvalue weighted by Crippen LogP contribution is -2.00. The normalized spacial score (nSPS) is 17.8. The molecule has 0 saturated carbocycles. The van der Waals surface area contributed by atoms with Crippen molar-refractivity contribution in [3.8, 4) is 11.6 Å². The van der Waals surface area contributed by atoms with Crippen LogP contribution in [0.2, 0.25) is 0 Å². The van der Waals surface area contributed by atoms with Gasteiger partial charge in [0.1, 0.15) is 0 Å². The maximum absolute atomic E-state index is 5.34. The zero-order chi connectivity index (χ0) is 15.5. The standard InChI is InChI=1S/C15H16N4O4/c1(4-12-16-14(18-22-12)10-6-8-20-9-10)5-13-17-15(19-23-13)11-3-2-7-21-11/h2-3,7,10H,1,4-6,8-9H2/t10-/m1/s1. The molecule has 120 valence electrons. The van der Waals surface area contributed by atoms with Gasteiger partial charge in [-0.05, 0) is 25.0 Å². The molecule has 8 heteroatoms. The average Bonchev–Trinajstić information content (AvgIpc) is 3.33. The van der Waals surface area contributed by atoms with Crippen LogP contribution in [-0.2, 0) is 17.6 Å². The van der Waals surface area contributed by atoms with Crippen molar-refractivity contribution in [1.82, 2.24) is 20.3 Å². The summed E-state index contributed by atoms with van der Waals surface area (Å²) in [6, 6.07) is 3.58. The van der Waals surface area contributed by atoms with Gasteiger partial charge < -0.3 is 18.2 Å². The quantitative estimate of drug-likeness (QED) is 0.683. The van der Waals surface area contributed by atoms with E-state index in [-0.39, 0.29) is 5.92 Å². The molecule has 1 saturated heterocycles. The summed E-state index contributed by atoms with van der Waals surface area (Å²) in [7, 11) is 0. The second kappa shape index (κ2) is 6.33. The molecule has 0 radical (unpaired) electrons. The van der Waals surface area contributed by atoms with Gasteiger partial charge >= 0.3 is 0 Å². The summed E-state index contributed by atoms with van der Waals surface area (Å²) in [6.45, 7) is 1.44. The molecular formula is C15H16N4O4. The third-order valence-corrected chi connectivity index (χ3v) is 3.77. The summed E-state index contributed by atoms with van der Waals surface area (Å²) >= 11 is 0. The molecule has 0 amide bonds. The van der Waals surface area contributed by atoms with Crippen molar-refractivity contribution in [1.29, 1.82) is 0 Å². The average molecular weight is 316 g/mol. The van der Waals surface area contributed by atoms with Crippen LogP contribution >= 0.6 is 0 Å². The van der Waals surface area contributed by atoms with Crippen molar-refractivity contribution in [2.24, 2.45) is 0 Å². The van der Waals surface area contributed by atoms with E-state index in [0.29, 0.717) is 42.8 Å². The molecule has 0 bridgehead atoms. The number of nitrogens with zero attached hydrogens (tertiary/aromatic N) is 4. The van der Waals surface area contributed by atoms with E-state index < -0.39 is 0 Å². The van der Waals surface area contributed by atoms with Crippen molar-refractivity contribution in [3.63, 3.8) is 0 Å². The van der Waals surface area contributed by atoms with Gasteiger partial charge in [0.05, 0.1) is 12.9 Å².